The van der Waals surface area contributed by atoms with Crippen LogP contribution in [-0.2, 0) is 0 Å². The van der Waals surface area contributed by atoms with Crippen LogP contribution < -0.4 is 5.32 Å². The molecule has 1 atom stereocenters. The molecule has 3 aromatic heterocycles. The summed E-state index contributed by atoms with van der Waals surface area (Å²) < 4.78 is 7.23. The standard InChI is InChI=1S/C13H15N5O/c1-8-5-4-6-18-11(8)16-13(17-18)15-10(3)12-14-7-9(2)19-12/h4-7,10H,1-3H3,(H,15,17). The summed E-state index contributed by atoms with van der Waals surface area (Å²) in [5, 5.41) is 7.56. The number of aromatic nitrogens is 4. The molecule has 0 bridgehead atoms. The molecule has 0 aliphatic rings. The second-order valence-corrected chi connectivity index (χ2v) is 4.57. The minimum Gasteiger partial charge on any atom is -0.444 e. The van der Waals surface area contributed by atoms with Gasteiger partial charge < -0.3 is 9.73 Å². The zero-order chi connectivity index (χ0) is 13.4. The molecule has 6 nitrogen and oxygen atoms in total. The molecule has 0 spiro atoms. The molecule has 6 heteroatoms. The SMILES string of the molecule is Cc1cnc(C(C)Nc2nc3c(C)cccn3n2)o1. The smallest absolute Gasteiger partial charge is 0.243 e. The van der Waals surface area contributed by atoms with Gasteiger partial charge in [-0.2, -0.15) is 4.98 Å². The van der Waals surface area contributed by atoms with Gasteiger partial charge in [-0.05, 0) is 32.4 Å². The minimum absolute atomic E-state index is 0.0774. The zero-order valence-electron chi connectivity index (χ0n) is 11.1. The van der Waals surface area contributed by atoms with Gasteiger partial charge in [-0.25, -0.2) is 9.50 Å². The molecule has 3 heterocycles. The van der Waals surface area contributed by atoms with Crippen molar-refractivity contribution in [3.8, 4) is 0 Å². The molecule has 1 N–H and O–H groups in total. The van der Waals surface area contributed by atoms with Crippen molar-refractivity contribution in [1.29, 1.82) is 0 Å². The first-order valence-electron chi connectivity index (χ1n) is 6.14. The van der Waals surface area contributed by atoms with Crippen LogP contribution in [0.3, 0.4) is 0 Å². The number of nitrogens with zero attached hydrogens (tertiary/aromatic N) is 4. The van der Waals surface area contributed by atoms with E-state index in [4.69, 9.17) is 4.42 Å². The summed E-state index contributed by atoms with van der Waals surface area (Å²) in [6.07, 6.45) is 3.58. The van der Waals surface area contributed by atoms with E-state index in [1.165, 1.54) is 0 Å². The number of fused-ring (bicyclic) bond motifs is 1. The van der Waals surface area contributed by atoms with Gasteiger partial charge in [0.15, 0.2) is 5.65 Å². The van der Waals surface area contributed by atoms with Gasteiger partial charge >= 0.3 is 0 Å². The van der Waals surface area contributed by atoms with Crippen molar-refractivity contribution in [3.63, 3.8) is 0 Å². The third-order valence-corrected chi connectivity index (χ3v) is 2.91. The lowest BCUT2D eigenvalue weighted by molar-refractivity contribution is 0.453. The first-order valence-corrected chi connectivity index (χ1v) is 6.14. The maximum Gasteiger partial charge on any atom is 0.243 e. The quantitative estimate of drug-likeness (QED) is 0.780. The molecule has 0 amide bonds. The van der Waals surface area contributed by atoms with Crippen LogP contribution >= 0.6 is 0 Å². The maximum atomic E-state index is 5.48. The molecule has 0 aliphatic carbocycles. The largest absolute Gasteiger partial charge is 0.444 e. The lowest BCUT2D eigenvalue weighted by Gasteiger charge is -2.07. The Labute approximate surface area is 110 Å². The molecule has 0 saturated carbocycles. The number of hydrogen-bond acceptors (Lipinski definition) is 5. The van der Waals surface area contributed by atoms with Crippen LogP contribution in [0.2, 0.25) is 0 Å². The number of nitrogens with one attached hydrogen (secondary N) is 1. The Morgan fingerprint density at radius 2 is 2.21 bits per heavy atom. The topological polar surface area (TPSA) is 68.2 Å². The number of oxazole rings is 1. The Balaban J connectivity index is 1.87. The summed E-state index contributed by atoms with van der Waals surface area (Å²) in [4.78, 5) is 8.65. The molecular formula is C13H15N5O. The Morgan fingerprint density at radius 3 is 2.89 bits per heavy atom. The first kappa shape index (κ1) is 11.7. The van der Waals surface area contributed by atoms with E-state index in [-0.39, 0.29) is 6.04 Å². The predicted molar refractivity (Wildman–Crippen MR) is 71.0 cm³/mol. The van der Waals surface area contributed by atoms with Crippen molar-refractivity contribution in [2.24, 2.45) is 0 Å². The number of rotatable bonds is 3. The van der Waals surface area contributed by atoms with Crippen LogP contribution in [-0.4, -0.2) is 19.6 Å². The molecule has 3 aromatic rings. The lowest BCUT2D eigenvalue weighted by atomic mass is 10.3. The fraction of sp³-hybridized carbons (Fsp3) is 0.308. The summed E-state index contributed by atoms with van der Waals surface area (Å²) >= 11 is 0. The summed E-state index contributed by atoms with van der Waals surface area (Å²) in [5.41, 5.74) is 1.93. The van der Waals surface area contributed by atoms with Crippen LogP contribution in [0.25, 0.3) is 5.65 Å². The molecule has 98 valence electrons. The fourth-order valence-corrected chi connectivity index (χ4v) is 1.93. The highest BCUT2D eigenvalue weighted by molar-refractivity contribution is 5.50. The van der Waals surface area contributed by atoms with E-state index in [0.29, 0.717) is 11.8 Å². The van der Waals surface area contributed by atoms with Crippen LogP contribution in [0, 0.1) is 13.8 Å². The highest BCUT2D eigenvalue weighted by Crippen LogP contribution is 2.17. The molecule has 3 rings (SSSR count). The molecule has 0 fully saturated rings. The molecular weight excluding hydrogens is 242 g/mol. The van der Waals surface area contributed by atoms with Gasteiger partial charge in [0.05, 0.1) is 6.20 Å². The second kappa shape index (κ2) is 4.38. The molecule has 19 heavy (non-hydrogen) atoms. The fourth-order valence-electron chi connectivity index (χ4n) is 1.93. The Kier molecular flexibility index (Phi) is 2.70. The van der Waals surface area contributed by atoms with Crippen LogP contribution in [0.1, 0.15) is 30.2 Å². The van der Waals surface area contributed by atoms with E-state index in [1.54, 1.807) is 10.7 Å². The van der Waals surface area contributed by atoms with Crippen molar-refractivity contribution in [2.45, 2.75) is 26.8 Å². The van der Waals surface area contributed by atoms with Gasteiger partial charge in [0, 0.05) is 6.20 Å². The molecule has 0 aromatic carbocycles. The van der Waals surface area contributed by atoms with Crippen LogP contribution in [0.5, 0.6) is 0 Å². The monoisotopic (exact) mass is 257 g/mol. The van der Waals surface area contributed by atoms with Crippen LogP contribution in [0.15, 0.2) is 28.9 Å². The average molecular weight is 257 g/mol. The van der Waals surface area contributed by atoms with E-state index in [9.17, 15) is 0 Å². The summed E-state index contributed by atoms with van der Waals surface area (Å²) in [6.45, 7) is 5.84. The third-order valence-electron chi connectivity index (χ3n) is 2.91. The zero-order valence-corrected chi connectivity index (χ0v) is 11.1. The number of hydrogen-bond donors (Lipinski definition) is 1. The van der Waals surface area contributed by atoms with Crippen molar-refractivity contribution in [2.75, 3.05) is 5.32 Å². The average Bonchev–Trinajstić information content (AvgIpc) is 2.96. The summed E-state index contributed by atoms with van der Waals surface area (Å²) in [7, 11) is 0. The molecule has 1 unspecified atom stereocenters. The summed E-state index contributed by atoms with van der Waals surface area (Å²) in [6, 6.07) is 3.88. The van der Waals surface area contributed by atoms with Gasteiger partial charge in [-0.3, -0.25) is 0 Å². The van der Waals surface area contributed by atoms with Gasteiger partial charge in [0.2, 0.25) is 11.8 Å². The normalized spacial score (nSPS) is 12.8. The number of aryl methyl sites for hydroxylation is 2. The van der Waals surface area contributed by atoms with Crippen molar-refractivity contribution < 1.29 is 4.42 Å². The van der Waals surface area contributed by atoms with Gasteiger partial charge in [0.1, 0.15) is 11.8 Å². The maximum absolute atomic E-state index is 5.48. The first-order chi connectivity index (χ1) is 9.13. The molecule has 0 radical (unpaired) electrons. The van der Waals surface area contributed by atoms with E-state index in [2.05, 4.69) is 20.4 Å². The van der Waals surface area contributed by atoms with Crippen molar-refractivity contribution in [3.05, 3.63) is 41.7 Å². The van der Waals surface area contributed by atoms with E-state index in [0.717, 1.165) is 17.0 Å². The number of anilines is 1. The summed E-state index contributed by atoms with van der Waals surface area (Å²) in [5.74, 6) is 1.99. The third kappa shape index (κ3) is 2.16. The van der Waals surface area contributed by atoms with Gasteiger partial charge in [0.25, 0.3) is 0 Å². The second-order valence-electron chi connectivity index (χ2n) is 4.57. The highest BCUT2D eigenvalue weighted by Gasteiger charge is 2.14. The van der Waals surface area contributed by atoms with Crippen molar-refractivity contribution in [1.82, 2.24) is 19.6 Å². The Bertz CT molecular complexity index is 715. The van der Waals surface area contributed by atoms with Gasteiger partial charge in [-0.1, -0.05) is 6.07 Å². The van der Waals surface area contributed by atoms with E-state index >= 15 is 0 Å². The van der Waals surface area contributed by atoms with E-state index in [1.807, 2.05) is 39.1 Å². The lowest BCUT2D eigenvalue weighted by Crippen LogP contribution is -2.08. The van der Waals surface area contributed by atoms with E-state index < -0.39 is 0 Å². The highest BCUT2D eigenvalue weighted by atomic mass is 16.4. The minimum atomic E-state index is -0.0774. The van der Waals surface area contributed by atoms with Crippen molar-refractivity contribution >= 4 is 11.6 Å². The Morgan fingerprint density at radius 1 is 1.37 bits per heavy atom. The predicted octanol–water partition coefficient (Wildman–Crippen LogP) is 2.51. The van der Waals surface area contributed by atoms with Gasteiger partial charge in [-0.15, -0.1) is 5.10 Å². The molecule has 0 saturated heterocycles. The molecule has 0 aliphatic heterocycles. The number of pyridine rings is 1. The van der Waals surface area contributed by atoms with Crippen LogP contribution in [0.4, 0.5) is 5.95 Å². The Hall–Kier alpha value is -2.37.